The molecule has 5 nitrogen and oxygen atoms in total. The first-order valence-corrected chi connectivity index (χ1v) is 14.2. The zero-order valence-corrected chi connectivity index (χ0v) is 23.0. The monoisotopic (exact) mass is 531 g/mol. The van der Waals surface area contributed by atoms with Gasteiger partial charge in [0, 0.05) is 36.4 Å². The number of amides is 1. The van der Waals surface area contributed by atoms with Gasteiger partial charge in [-0.15, -0.1) is 0 Å². The van der Waals surface area contributed by atoms with Crippen molar-refractivity contribution in [2.45, 2.75) is 64.5 Å². The summed E-state index contributed by atoms with van der Waals surface area (Å²) in [6, 6.07) is 14.0. The Labute approximate surface area is 226 Å². The Balaban J connectivity index is 1.39. The van der Waals surface area contributed by atoms with E-state index in [1.54, 1.807) is 0 Å². The van der Waals surface area contributed by atoms with Crippen LogP contribution in [0.2, 0.25) is 10.0 Å². The normalized spacial score (nSPS) is 19.1. The summed E-state index contributed by atoms with van der Waals surface area (Å²) in [6.07, 6.45) is 6.15. The predicted octanol–water partition coefficient (Wildman–Crippen LogP) is 6.21. The van der Waals surface area contributed by atoms with E-state index >= 15 is 0 Å². The second-order valence-corrected chi connectivity index (χ2v) is 11.0. The summed E-state index contributed by atoms with van der Waals surface area (Å²) in [7, 11) is 0. The molecule has 0 bridgehead atoms. The highest BCUT2D eigenvalue weighted by atomic mass is 35.5. The van der Waals surface area contributed by atoms with Crippen molar-refractivity contribution >= 4 is 34.8 Å². The third-order valence-corrected chi connectivity index (χ3v) is 8.00. The third-order valence-electron chi connectivity index (χ3n) is 7.46. The molecule has 0 aromatic heterocycles. The zero-order chi connectivity index (χ0) is 25.5. The number of carbonyl (C=O) groups excluding carboxylic acids is 1. The first-order chi connectivity index (χ1) is 17.4. The second kappa shape index (κ2) is 13.0. The lowest BCUT2D eigenvalue weighted by atomic mass is 10.0. The topological polar surface area (TPSA) is 44.8 Å². The first kappa shape index (κ1) is 27.1. The van der Waals surface area contributed by atoms with Crippen molar-refractivity contribution in [3.05, 3.63) is 58.1 Å². The molecule has 2 saturated heterocycles. The molecule has 2 atom stereocenters. The Morgan fingerprint density at radius 3 is 2.44 bits per heavy atom. The van der Waals surface area contributed by atoms with Crippen LogP contribution in [0.15, 0.2) is 42.5 Å². The number of ether oxygens (including phenoxy) is 1. The van der Waals surface area contributed by atoms with E-state index in [1.807, 2.05) is 36.4 Å². The van der Waals surface area contributed by atoms with Gasteiger partial charge in [0.1, 0.15) is 5.75 Å². The third kappa shape index (κ3) is 7.30. The van der Waals surface area contributed by atoms with E-state index in [-0.39, 0.29) is 24.0 Å². The molecule has 0 aliphatic carbocycles. The fourth-order valence-electron chi connectivity index (χ4n) is 5.30. The van der Waals surface area contributed by atoms with E-state index in [0.29, 0.717) is 5.02 Å². The van der Waals surface area contributed by atoms with Crippen molar-refractivity contribution in [3.63, 3.8) is 0 Å². The highest BCUT2D eigenvalue weighted by Crippen LogP contribution is 2.29. The van der Waals surface area contributed by atoms with Gasteiger partial charge in [0.15, 0.2) is 0 Å². The van der Waals surface area contributed by atoms with Gasteiger partial charge in [-0.2, -0.15) is 0 Å². The van der Waals surface area contributed by atoms with Crippen molar-refractivity contribution < 1.29 is 9.53 Å². The molecule has 0 radical (unpaired) electrons. The van der Waals surface area contributed by atoms with Gasteiger partial charge < -0.3 is 19.9 Å². The summed E-state index contributed by atoms with van der Waals surface area (Å²) >= 11 is 12.6. The molecule has 7 heteroatoms. The number of hydrogen-bond acceptors (Lipinski definition) is 4. The van der Waals surface area contributed by atoms with Crippen LogP contribution in [0.5, 0.6) is 5.75 Å². The fraction of sp³-hybridized carbons (Fsp3) is 0.552. The lowest BCUT2D eigenvalue weighted by molar-refractivity contribution is -0.125. The number of nitrogens with zero attached hydrogens (tertiary/aromatic N) is 2. The van der Waals surface area contributed by atoms with E-state index < -0.39 is 0 Å². The van der Waals surface area contributed by atoms with Crippen LogP contribution in [0.3, 0.4) is 0 Å². The van der Waals surface area contributed by atoms with Gasteiger partial charge in [-0.1, -0.05) is 43.1 Å². The molecule has 2 aromatic carbocycles. The van der Waals surface area contributed by atoms with E-state index in [0.717, 1.165) is 80.4 Å². The molecule has 2 aliphatic rings. The maximum Gasteiger partial charge on any atom is 0.225 e. The number of rotatable bonds is 11. The Kier molecular flexibility index (Phi) is 9.80. The maximum atomic E-state index is 13.3. The minimum absolute atomic E-state index is 0.0128. The predicted molar refractivity (Wildman–Crippen MR) is 150 cm³/mol. The van der Waals surface area contributed by atoms with E-state index in [2.05, 4.69) is 35.0 Å². The van der Waals surface area contributed by atoms with Crippen LogP contribution in [-0.2, 0) is 11.2 Å². The van der Waals surface area contributed by atoms with Crippen molar-refractivity contribution in [2.24, 2.45) is 5.92 Å². The molecule has 36 heavy (non-hydrogen) atoms. The zero-order valence-electron chi connectivity index (χ0n) is 21.5. The number of benzene rings is 2. The average Bonchev–Trinajstić information content (AvgIpc) is 3.57. The molecule has 0 saturated carbocycles. The van der Waals surface area contributed by atoms with Crippen molar-refractivity contribution in [3.8, 4) is 5.75 Å². The summed E-state index contributed by atoms with van der Waals surface area (Å²) in [4.78, 5) is 18.1. The minimum Gasteiger partial charge on any atom is -0.489 e. The van der Waals surface area contributed by atoms with Gasteiger partial charge in [-0.25, -0.2) is 0 Å². The standard InChI is InChI=1S/C29H39Cl2N3O2/c1-3-26(4-2)36-28-12-7-21(18-27(28)31)17-24(20-33-14-5-6-15-33)32-29(35)22-13-16-34(19-22)25-10-8-23(30)9-11-25/h7-12,18,22,24,26H,3-6,13-17,19-20H2,1-2H3,(H,32,35). The van der Waals surface area contributed by atoms with Crippen LogP contribution < -0.4 is 15.0 Å². The lowest BCUT2D eigenvalue weighted by Crippen LogP contribution is -2.46. The molecule has 2 aromatic rings. The highest BCUT2D eigenvalue weighted by Gasteiger charge is 2.30. The minimum atomic E-state index is -0.0128. The molecule has 2 unspecified atom stereocenters. The average molecular weight is 533 g/mol. The first-order valence-electron chi connectivity index (χ1n) is 13.4. The molecule has 196 valence electrons. The van der Waals surface area contributed by atoms with Gasteiger partial charge in [-0.3, -0.25) is 4.79 Å². The smallest absolute Gasteiger partial charge is 0.225 e. The highest BCUT2D eigenvalue weighted by molar-refractivity contribution is 6.32. The largest absolute Gasteiger partial charge is 0.489 e. The van der Waals surface area contributed by atoms with Gasteiger partial charge >= 0.3 is 0 Å². The lowest BCUT2D eigenvalue weighted by Gasteiger charge is -2.26. The van der Waals surface area contributed by atoms with Gasteiger partial charge in [0.05, 0.1) is 17.0 Å². The van der Waals surface area contributed by atoms with Crippen molar-refractivity contribution in [2.75, 3.05) is 37.6 Å². The number of carbonyl (C=O) groups is 1. The number of hydrogen-bond donors (Lipinski definition) is 1. The van der Waals surface area contributed by atoms with E-state index in [9.17, 15) is 4.79 Å². The van der Waals surface area contributed by atoms with Crippen LogP contribution in [0, 0.1) is 5.92 Å². The summed E-state index contributed by atoms with van der Waals surface area (Å²) < 4.78 is 6.07. The Morgan fingerprint density at radius 1 is 1.06 bits per heavy atom. The summed E-state index contributed by atoms with van der Waals surface area (Å²) in [5, 5.41) is 4.77. The van der Waals surface area contributed by atoms with Crippen molar-refractivity contribution in [1.82, 2.24) is 10.2 Å². The number of likely N-dealkylation sites (tertiary alicyclic amines) is 1. The summed E-state index contributed by atoms with van der Waals surface area (Å²) in [5.41, 5.74) is 2.24. The molecule has 2 fully saturated rings. The summed E-state index contributed by atoms with van der Waals surface area (Å²) in [5.74, 6) is 0.874. The Bertz CT molecular complexity index is 991. The molecule has 1 N–H and O–H groups in total. The fourth-order valence-corrected chi connectivity index (χ4v) is 5.68. The quantitative estimate of drug-likeness (QED) is 0.374. The SMILES string of the molecule is CCC(CC)Oc1ccc(CC(CN2CCCC2)NC(=O)C2CCN(c3ccc(Cl)cc3)C2)cc1Cl. The van der Waals surface area contributed by atoms with Gasteiger partial charge in [-0.05, 0) is 93.6 Å². The van der Waals surface area contributed by atoms with E-state index in [1.165, 1.54) is 12.8 Å². The molecular weight excluding hydrogens is 493 g/mol. The van der Waals surface area contributed by atoms with Crippen LogP contribution in [0.1, 0.15) is 51.5 Å². The van der Waals surface area contributed by atoms with Crippen LogP contribution >= 0.6 is 23.2 Å². The van der Waals surface area contributed by atoms with Crippen LogP contribution in [0.4, 0.5) is 5.69 Å². The molecule has 2 heterocycles. The van der Waals surface area contributed by atoms with Crippen LogP contribution in [0.25, 0.3) is 0 Å². The molecule has 4 rings (SSSR count). The van der Waals surface area contributed by atoms with Gasteiger partial charge in [0.2, 0.25) is 5.91 Å². The van der Waals surface area contributed by atoms with Crippen LogP contribution in [-0.4, -0.2) is 55.7 Å². The molecule has 1 amide bonds. The van der Waals surface area contributed by atoms with Crippen molar-refractivity contribution in [1.29, 1.82) is 0 Å². The number of halogens is 2. The van der Waals surface area contributed by atoms with Gasteiger partial charge in [0.25, 0.3) is 0 Å². The number of nitrogens with one attached hydrogen (secondary N) is 1. The summed E-state index contributed by atoms with van der Waals surface area (Å²) in [6.45, 7) is 8.93. The molecule has 0 spiro atoms. The Hall–Kier alpha value is -1.95. The van der Waals surface area contributed by atoms with E-state index in [4.69, 9.17) is 27.9 Å². The Morgan fingerprint density at radius 2 is 1.78 bits per heavy atom. The maximum absolute atomic E-state index is 13.3. The second-order valence-electron chi connectivity index (χ2n) is 10.1. The number of anilines is 1. The molecule has 2 aliphatic heterocycles. The molecular formula is C29H39Cl2N3O2.